The maximum atomic E-state index is 12.4. The third-order valence-corrected chi connectivity index (χ3v) is 3.63. The quantitative estimate of drug-likeness (QED) is 0.829. The van der Waals surface area contributed by atoms with E-state index >= 15 is 0 Å². The van der Waals surface area contributed by atoms with E-state index in [-0.39, 0.29) is 12.5 Å². The third kappa shape index (κ3) is 3.47. The van der Waals surface area contributed by atoms with Gasteiger partial charge in [-0.15, -0.1) is 0 Å². The second kappa shape index (κ2) is 6.57. The molecule has 0 atom stereocenters. The fourth-order valence-electron chi connectivity index (χ4n) is 2.00. The van der Waals surface area contributed by atoms with Crippen LogP contribution in [0.5, 0.6) is 5.75 Å². The Kier molecular flexibility index (Phi) is 5.36. The lowest BCUT2D eigenvalue weighted by atomic mass is 9.93. The highest BCUT2D eigenvalue weighted by Gasteiger charge is 2.28. The fourth-order valence-corrected chi connectivity index (χ4v) is 2.00. The van der Waals surface area contributed by atoms with Gasteiger partial charge in [-0.1, -0.05) is 25.5 Å². The molecule has 0 aliphatic carbocycles. The third-order valence-electron chi connectivity index (χ3n) is 3.63. The molecule has 0 saturated heterocycles. The van der Waals surface area contributed by atoms with Crippen LogP contribution in [0.3, 0.4) is 0 Å². The van der Waals surface area contributed by atoms with Crippen LogP contribution in [-0.4, -0.2) is 30.3 Å². The molecule has 0 bridgehead atoms. The number of hydrogen-bond donors (Lipinski definition) is 2. The minimum atomic E-state index is -0.564. The maximum absolute atomic E-state index is 12.4. The van der Waals surface area contributed by atoms with Gasteiger partial charge in [-0.3, -0.25) is 4.79 Å². The lowest BCUT2D eigenvalue weighted by molar-refractivity contribution is 0.0815. The van der Waals surface area contributed by atoms with E-state index < -0.39 is 5.54 Å². The number of rotatable bonds is 6. The predicted octanol–water partition coefficient (Wildman–Crippen LogP) is 2.28. The Morgan fingerprint density at radius 2 is 2.00 bits per heavy atom. The topological polar surface area (TPSA) is 58.6 Å². The monoisotopic (exact) mass is 265 g/mol. The van der Waals surface area contributed by atoms with Crippen molar-refractivity contribution in [3.63, 3.8) is 0 Å². The van der Waals surface area contributed by atoms with Gasteiger partial charge in [0, 0.05) is 0 Å². The molecular weight excluding hydrogens is 242 g/mol. The van der Waals surface area contributed by atoms with Crippen molar-refractivity contribution >= 4 is 5.91 Å². The molecule has 1 aromatic carbocycles. The summed E-state index contributed by atoms with van der Waals surface area (Å²) in [6.45, 7) is 5.76. The summed E-state index contributed by atoms with van der Waals surface area (Å²) in [5, 5.41) is 12.4. The van der Waals surface area contributed by atoms with Crippen LogP contribution in [0.2, 0.25) is 0 Å². The standard InChI is InChI=1S/C15H23NO3/c1-5-15(6-2,10-17)16-14(18)12-9-11(3)7-8-13(12)19-4/h7-9,17H,5-6,10H2,1-4H3,(H,16,18). The van der Waals surface area contributed by atoms with Crippen LogP contribution in [0.15, 0.2) is 18.2 Å². The Hall–Kier alpha value is -1.55. The molecule has 1 aromatic rings. The van der Waals surface area contributed by atoms with E-state index in [2.05, 4.69) is 5.32 Å². The Morgan fingerprint density at radius 1 is 1.37 bits per heavy atom. The highest BCUT2D eigenvalue weighted by Crippen LogP contribution is 2.22. The Balaban J connectivity index is 3.03. The van der Waals surface area contributed by atoms with Crippen LogP contribution < -0.4 is 10.1 Å². The van der Waals surface area contributed by atoms with Gasteiger partial charge in [-0.2, -0.15) is 0 Å². The van der Waals surface area contributed by atoms with Crippen molar-refractivity contribution in [3.8, 4) is 5.75 Å². The van der Waals surface area contributed by atoms with Crippen molar-refractivity contribution in [2.24, 2.45) is 0 Å². The normalized spacial score (nSPS) is 11.2. The molecule has 106 valence electrons. The molecule has 0 unspecified atom stereocenters. The van der Waals surface area contributed by atoms with Gasteiger partial charge in [0.2, 0.25) is 0 Å². The number of ether oxygens (including phenoxy) is 1. The van der Waals surface area contributed by atoms with Crippen molar-refractivity contribution in [1.82, 2.24) is 5.32 Å². The number of benzene rings is 1. The van der Waals surface area contributed by atoms with Gasteiger partial charge in [0.1, 0.15) is 5.75 Å². The van der Waals surface area contributed by atoms with Gasteiger partial charge in [-0.25, -0.2) is 0 Å². The molecule has 0 aliphatic heterocycles. The largest absolute Gasteiger partial charge is 0.496 e. The molecule has 4 heteroatoms. The van der Waals surface area contributed by atoms with Gasteiger partial charge in [0.05, 0.1) is 24.8 Å². The zero-order valence-corrected chi connectivity index (χ0v) is 12.1. The SMILES string of the molecule is CCC(CC)(CO)NC(=O)c1cc(C)ccc1OC. The summed E-state index contributed by atoms with van der Waals surface area (Å²) < 4.78 is 5.21. The first kappa shape index (κ1) is 15.5. The molecule has 0 aromatic heterocycles. The fraction of sp³-hybridized carbons (Fsp3) is 0.533. The van der Waals surface area contributed by atoms with Crippen molar-refractivity contribution in [1.29, 1.82) is 0 Å². The summed E-state index contributed by atoms with van der Waals surface area (Å²) in [6, 6.07) is 5.47. The smallest absolute Gasteiger partial charge is 0.255 e. The molecule has 2 N–H and O–H groups in total. The molecule has 0 fully saturated rings. The van der Waals surface area contributed by atoms with Crippen LogP contribution >= 0.6 is 0 Å². The van der Waals surface area contributed by atoms with Crippen molar-refractivity contribution < 1.29 is 14.6 Å². The predicted molar refractivity (Wildman–Crippen MR) is 75.6 cm³/mol. The summed E-state index contributed by atoms with van der Waals surface area (Å²) in [7, 11) is 1.54. The summed E-state index contributed by atoms with van der Waals surface area (Å²) in [4.78, 5) is 12.4. The Morgan fingerprint density at radius 3 is 2.47 bits per heavy atom. The first-order chi connectivity index (χ1) is 9.01. The molecule has 19 heavy (non-hydrogen) atoms. The van der Waals surface area contributed by atoms with Crippen LogP contribution in [0.4, 0.5) is 0 Å². The van der Waals surface area contributed by atoms with E-state index in [0.29, 0.717) is 24.2 Å². The average molecular weight is 265 g/mol. The van der Waals surface area contributed by atoms with E-state index in [1.54, 1.807) is 19.2 Å². The first-order valence-corrected chi connectivity index (χ1v) is 6.60. The highest BCUT2D eigenvalue weighted by atomic mass is 16.5. The van der Waals surface area contributed by atoms with Crippen LogP contribution in [0.25, 0.3) is 0 Å². The van der Waals surface area contributed by atoms with Crippen LogP contribution in [0, 0.1) is 6.92 Å². The van der Waals surface area contributed by atoms with Gasteiger partial charge in [0.25, 0.3) is 5.91 Å². The molecule has 0 saturated carbocycles. The second-order valence-electron chi connectivity index (χ2n) is 4.80. The van der Waals surface area contributed by atoms with Crippen molar-refractivity contribution in [2.75, 3.05) is 13.7 Å². The minimum Gasteiger partial charge on any atom is -0.496 e. The zero-order valence-electron chi connectivity index (χ0n) is 12.1. The van der Waals surface area contributed by atoms with Gasteiger partial charge in [0.15, 0.2) is 0 Å². The number of hydrogen-bond acceptors (Lipinski definition) is 3. The second-order valence-corrected chi connectivity index (χ2v) is 4.80. The van der Waals surface area contributed by atoms with Gasteiger partial charge >= 0.3 is 0 Å². The number of aliphatic hydroxyl groups excluding tert-OH is 1. The van der Waals surface area contributed by atoms with Crippen molar-refractivity contribution in [3.05, 3.63) is 29.3 Å². The van der Waals surface area contributed by atoms with Gasteiger partial charge < -0.3 is 15.2 Å². The summed E-state index contributed by atoms with van der Waals surface area (Å²) in [6.07, 6.45) is 1.36. The molecule has 0 heterocycles. The van der Waals surface area contributed by atoms with E-state index in [0.717, 1.165) is 5.56 Å². The van der Waals surface area contributed by atoms with Crippen molar-refractivity contribution in [2.45, 2.75) is 39.2 Å². The molecular formula is C15H23NO3. The molecule has 4 nitrogen and oxygen atoms in total. The number of aliphatic hydroxyl groups is 1. The number of nitrogens with one attached hydrogen (secondary N) is 1. The minimum absolute atomic E-state index is 0.0696. The lowest BCUT2D eigenvalue weighted by Crippen LogP contribution is -2.50. The Labute approximate surface area is 114 Å². The van der Waals surface area contributed by atoms with E-state index in [1.165, 1.54) is 0 Å². The molecule has 0 aliphatic rings. The van der Waals surface area contributed by atoms with E-state index in [9.17, 15) is 9.90 Å². The number of carbonyl (C=O) groups excluding carboxylic acids is 1. The summed E-state index contributed by atoms with van der Waals surface area (Å²) in [5.41, 5.74) is 0.932. The lowest BCUT2D eigenvalue weighted by Gasteiger charge is -2.31. The zero-order chi connectivity index (χ0) is 14.5. The highest BCUT2D eigenvalue weighted by molar-refractivity contribution is 5.97. The van der Waals surface area contributed by atoms with E-state index in [1.807, 2.05) is 26.8 Å². The summed E-state index contributed by atoms with van der Waals surface area (Å²) in [5.74, 6) is 0.334. The first-order valence-electron chi connectivity index (χ1n) is 6.60. The number of carbonyl (C=O) groups is 1. The Bertz CT molecular complexity index is 431. The number of aryl methyl sites for hydroxylation is 1. The molecule has 1 rings (SSSR count). The van der Waals surface area contributed by atoms with Crippen LogP contribution in [-0.2, 0) is 0 Å². The molecule has 1 amide bonds. The van der Waals surface area contributed by atoms with Crippen LogP contribution in [0.1, 0.15) is 42.6 Å². The van der Waals surface area contributed by atoms with E-state index in [4.69, 9.17) is 4.74 Å². The molecule has 0 spiro atoms. The molecule has 0 radical (unpaired) electrons. The number of amides is 1. The summed E-state index contributed by atoms with van der Waals surface area (Å²) >= 11 is 0. The maximum Gasteiger partial charge on any atom is 0.255 e. The van der Waals surface area contributed by atoms with Gasteiger partial charge in [-0.05, 0) is 31.9 Å². The average Bonchev–Trinajstić information content (AvgIpc) is 2.44. The number of methoxy groups -OCH3 is 1.